The van der Waals surface area contributed by atoms with Crippen LogP contribution in [-0.4, -0.2) is 24.2 Å². The maximum Gasteiger partial charge on any atom is 0.251 e. The van der Waals surface area contributed by atoms with Crippen LogP contribution in [-0.2, 0) is 0 Å². The fourth-order valence-electron chi connectivity index (χ4n) is 1.43. The molecule has 0 saturated heterocycles. The van der Waals surface area contributed by atoms with Crippen LogP contribution < -0.4 is 11.1 Å². The molecule has 0 aromatic heterocycles. The van der Waals surface area contributed by atoms with Gasteiger partial charge in [-0.25, -0.2) is 0 Å². The highest BCUT2D eigenvalue weighted by molar-refractivity contribution is 9.10. The van der Waals surface area contributed by atoms with Crippen molar-refractivity contribution in [1.29, 1.82) is 0 Å². The van der Waals surface area contributed by atoms with Crippen LogP contribution in [0.4, 0.5) is 5.69 Å². The molecule has 1 atom stereocenters. The lowest BCUT2D eigenvalue weighted by Gasteiger charge is -2.11. The first kappa shape index (κ1) is 14.0. The summed E-state index contributed by atoms with van der Waals surface area (Å²) >= 11 is 3.29. The smallest absolute Gasteiger partial charge is 0.251 e. The predicted octanol–water partition coefficient (Wildman–Crippen LogP) is 1.78. The van der Waals surface area contributed by atoms with E-state index in [1.165, 1.54) is 0 Å². The van der Waals surface area contributed by atoms with Crippen LogP contribution >= 0.6 is 15.9 Å². The van der Waals surface area contributed by atoms with Gasteiger partial charge in [0.05, 0.1) is 0 Å². The van der Waals surface area contributed by atoms with Crippen molar-refractivity contribution in [3.8, 4) is 0 Å². The van der Waals surface area contributed by atoms with Gasteiger partial charge in [-0.2, -0.15) is 0 Å². The van der Waals surface area contributed by atoms with Gasteiger partial charge in [0.2, 0.25) is 0 Å². The van der Waals surface area contributed by atoms with Crippen molar-refractivity contribution in [1.82, 2.24) is 5.32 Å². The molecule has 1 amide bonds. The molecule has 94 valence electrons. The fraction of sp³-hybridized carbons (Fsp3) is 0.417. The monoisotopic (exact) mass is 300 g/mol. The van der Waals surface area contributed by atoms with Crippen molar-refractivity contribution in [3.63, 3.8) is 0 Å². The van der Waals surface area contributed by atoms with Crippen molar-refractivity contribution in [2.24, 2.45) is 5.92 Å². The Morgan fingerprint density at radius 2 is 2.24 bits per heavy atom. The van der Waals surface area contributed by atoms with E-state index in [4.69, 9.17) is 10.8 Å². The van der Waals surface area contributed by atoms with Gasteiger partial charge < -0.3 is 16.2 Å². The number of benzene rings is 1. The first-order valence-corrected chi connectivity index (χ1v) is 6.27. The highest BCUT2D eigenvalue weighted by atomic mass is 79.9. The van der Waals surface area contributed by atoms with E-state index in [1.807, 2.05) is 6.92 Å². The van der Waals surface area contributed by atoms with E-state index < -0.39 is 0 Å². The molecule has 1 unspecified atom stereocenters. The summed E-state index contributed by atoms with van der Waals surface area (Å²) in [6, 6.07) is 5.10. The van der Waals surface area contributed by atoms with Crippen molar-refractivity contribution in [2.75, 3.05) is 18.9 Å². The van der Waals surface area contributed by atoms with Gasteiger partial charge in [0, 0.05) is 28.9 Å². The molecule has 1 aromatic rings. The zero-order valence-electron chi connectivity index (χ0n) is 9.74. The van der Waals surface area contributed by atoms with Crippen molar-refractivity contribution in [3.05, 3.63) is 28.2 Å². The Morgan fingerprint density at radius 1 is 1.53 bits per heavy atom. The number of aliphatic hydroxyl groups excluding tert-OH is 1. The van der Waals surface area contributed by atoms with E-state index in [-0.39, 0.29) is 18.4 Å². The molecule has 5 heteroatoms. The third-order valence-corrected chi connectivity index (χ3v) is 2.87. The average Bonchev–Trinajstić information content (AvgIpc) is 2.25. The van der Waals surface area contributed by atoms with Crippen LogP contribution in [0.25, 0.3) is 0 Å². The molecule has 0 aliphatic rings. The Hall–Kier alpha value is -1.07. The molecule has 1 aromatic carbocycles. The lowest BCUT2D eigenvalue weighted by Crippen LogP contribution is -2.28. The number of rotatable bonds is 5. The third kappa shape index (κ3) is 4.75. The largest absolute Gasteiger partial charge is 0.399 e. The molecule has 1 rings (SSSR count). The SMILES string of the molecule is CC(CCO)CNC(=O)c1cc(N)cc(Br)c1. The highest BCUT2D eigenvalue weighted by Crippen LogP contribution is 2.17. The minimum atomic E-state index is -0.150. The van der Waals surface area contributed by atoms with Gasteiger partial charge >= 0.3 is 0 Å². The number of carbonyl (C=O) groups is 1. The second-order valence-electron chi connectivity index (χ2n) is 4.10. The number of anilines is 1. The number of hydrogen-bond donors (Lipinski definition) is 3. The second-order valence-corrected chi connectivity index (χ2v) is 5.02. The van der Waals surface area contributed by atoms with Crippen molar-refractivity contribution in [2.45, 2.75) is 13.3 Å². The lowest BCUT2D eigenvalue weighted by molar-refractivity contribution is 0.0945. The Morgan fingerprint density at radius 3 is 2.82 bits per heavy atom. The first-order valence-electron chi connectivity index (χ1n) is 5.48. The maximum atomic E-state index is 11.8. The van der Waals surface area contributed by atoms with Crippen LogP contribution in [0.3, 0.4) is 0 Å². The van der Waals surface area contributed by atoms with Crippen molar-refractivity contribution < 1.29 is 9.90 Å². The van der Waals surface area contributed by atoms with Gasteiger partial charge in [-0.15, -0.1) is 0 Å². The normalized spacial score (nSPS) is 12.2. The molecule has 0 radical (unpaired) electrons. The number of hydrogen-bond acceptors (Lipinski definition) is 3. The lowest BCUT2D eigenvalue weighted by atomic mass is 10.1. The van der Waals surface area contributed by atoms with Gasteiger partial charge in [0.25, 0.3) is 5.91 Å². The van der Waals surface area contributed by atoms with E-state index >= 15 is 0 Å². The standard InChI is InChI=1S/C12H17BrN2O2/c1-8(2-3-16)7-15-12(17)9-4-10(13)6-11(14)5-9/h4-6,8,16H,2-3,7,14H2,1H3,(H,15,17). The Labute approximate surface area is 109 Å². The minimum Gasteiger partial charge on any atom is -0.399 e. The highest BCUT2D eigenvalue weighted by Gasteiger charge is 2.08. The summed E-state index contributed by atoms with van der Waals surface area (Å²) in [6.45, 7) is 2.67. The predicted molar refractivity (Wildman–Crippen MR) is 71.8 cm³/mol. The third-order valence-electron chi connectivity index (χ3n) is 2.42. The summed E-state index contributed by atoms with van der Waals surface area (Å²) in [7, 11) is 0. The summed E-state index contributed by atoms with van der Waals surface area (Å²) in [5.41, 5.74) is 6.74. The topological polar surface area (TPSA) is 75.3 Å². The summed E-state index contributed by atoms with van der Waals surface area (Å²) in [6.07, 6.45) is 0.681. The Kier molecular flexibility index (Phi) is 5.44. The first-order chi connectivity index (χ1) is 8.02. The zero-order chi connectivity index (χ0) is 12.8. The number of halogens is 1. The molecule has 4 N–H and O–H groups in total. The van der Waals surface area contributed by atoms with Gasteiger partial charge in [0.15, 0.2) is 0 Å². The number of nitrogens with one attached hydrogen (secondary N) is 1. The van der Waals surface area contributed by atoms with Crippen LogP contribution in [0.15, 0.2) is 22.7 Å². The number of aliphatic hydroxyl groups is 1. The average molecular weight is 301 g/mol. The minimum absolute atomic E-state index is 0.140. The van der Waals surface area contributed by atoms with Crippen LogP contribution in [0, 0.1) is 5.92 Å². The van der Waals surface area contributed by atoms with Gasteiger partial charge in [-0.3, -0.25) is 4.79 Å². The van der Waals surface area contributed by atoms with E-state index in [0.717, 1.165) is 4.47 Å². The quantitative estimate of drug-likeness (QED) is 0.726. The number of carbonyl (C=O) groups excluding carboxylic acids is 1. The number of nitrogens with two attached hydrogens (primary N) is 1. The molecule has 0 saturated carbocycles. The van der Waals surface area contributed by atoms with Crippen molar-refractivity contribution >= 4 is 27.5 Å². The molecular weight excluding hydrogens is 284 g/mol. The maximum absolute atomic E-state index is 11.8. The molecule has 0 heterocycles. The zero-order valence-corrected chi connectivity index (χ0v) is 11.3. The summed E-state index contributed by atoms with van der Waals surface area (Å²) in [4.78, 5) is 11.8. The number of amides is 1. The fourth-order valence-corrected chi connectivity index (χ4v) is 1.95. The van der Waals surface area contributed by atoms with Gasteiger partial charge in [0.1, 0.15) is 0 Å². The summed E-state index contributed by atoms with van der Waals surface area (Å²) in [5.74, 6) is 0.108. The van der Waals surface area contributed by atoms with E-state index in [9.17, 15) is 4.79 Å². The van der Waals surface area contributed by atoms with Crippen LogP contribution in [0.5, 0.6) is 0 Å². The molecule has 4 nitrogen and oxygen atoms in total. The molecule has 0 bridgehead atoms. The van der Waals surface area contributed by atoms with Crippen LogP contribution in [0.2, 0.25) is 0 Å². The molecular formula is C12H17BrN2O2. The molecule has 17 heavy (non-hydrogen) atoms. The van der Waals surface area contributed by atoms with E-state index in [1.54, 1.807) is 18.2 Å². The second kappa shape index (κ2) is 6.61. The molecule has 0 fully saturated rings. The molecule has 0 spiro atoms. The molecule has 0 aliphatic heterocycles. The van der Waals surface area contributed by atoms with Gasteiger partial charge in [-0.05, 0) is 30.5 Å². The van der Waals surface area contributed by atoms with Crippen LogP contribution in [0.1, 0.15) is 23.7 Å². The van der Waals surface area contributed by atoms with E-state index in [2.05, 4.69) is 21.2 Å². The Bertz CT molecular complexity index is 376. The molecule has 0 aliphatic carbocycles. The number of nitrogen functional groups attached to an aromatic ring is 1. The summed E-state index contributed by atoms with van der Waals surface area (Å²) in [5, 5.41) is 11.6. The summed E-state index contributed by atoms with van der Waals surface area (Å²) < 4.78 is 0.783. The van der Waals surface area contributed by atoms with Gasteiger partial charge in [-0.1, -0.05) is 22.9 Å². The van der Waals surface area contributed by atoms with E-state index in [0.29, 0.717) is 24.2 Å². The Balaban J connectivity index is 2.58.